The third-order valence-corrected chi connectivity index (χ3v) is 6.11. The molecule has 0 N–H and O–H groups in total. The molecule has 1 unspecified atom stereocenters. The van der Waals surface area contributed by atoms with Crippen LogP contribution in [0.3, 0.4) is 0 Å². The Morgan fingerprint density at radius 2 is 2.20 bits per heavy atom. The molecule has 1 aliphatic rings. The second-order valence-electron chi connectivity index (χ2n) is 4.19. The van der Waals surface area contributed by atoms with Crippen molar-refractivity contribution in [3.05, 3.63) is 57.8 Å². The topological polar surface area (TPSA) is 41.6 Å². The van der Waals surface area contributed by atoms with Gasteiger partial charge in [-0.1, -0.05) is 23.7 Å². The number of hydrogen-bond donors (Lipinski definition) is 0. The van der Waals surface area contributed by atoms with Crippen molar-refractivity contribution in [1.82, 2.24) is 9.55 Å². The van der Waals surface area contributed by atoms with Gasteiger partial charge >= 0.3 is 0 Å². The van der Waals surface area contributed by atoms with Gasteiger partial charge in [0.25, 0.3) is 0 Å². The number of benzene rings is 1. The van der Waals surface area contributed by atoms with Crippen LogP contribution in [0.2, 0.25) is 5.02 Å². The van der Waals surface area contributed by atoms with Crippen molar-refractivity contribution >= 4 is 40.8 Å². The summed E-state index contributed by atoms with van der Waals surface area (Å²) in [6, 6.07) is 10.2. The Balaban J connectivity index is 1.86. The summed E-state index contributed by atoms with van der Waals surface area (Å²) in [4.78, 5) is 3.99. The molecule has 1 saturated heterocycles. The molecule has 2 aromatic rings. The molecule has 3 nitrogen and oxygen atoms in total. The van der Waals surface area contributed by atoms with Crippen LogP contribution < -0.4 is 0 Å². The zero-order chi connectivity index (χ0) is 13.9. The average molecular weight is 320 g/mol. The number of halogens is 1. The molecule has 1 aromatic carbocycles. The van der Waals surface area contributed by atoms with Crippen LogP contribution in [-0.2, 0) is 0 Å². The lowest BCUT2D eigenvalue weighted by Crippen LogP contribution is -1.92. The molecule has 6 heteroatoms. The van der Waals surface area contributed by atoms with Gasteiger partial charge in [0.15, 0.2) is 0 Å². The van der Waals surface area contributed by atoms with E-state index < -0.39 is 0 Å². The van der Waals surface area contributed by atoms with Crippen LogP contribution >= 0.6 is 35.1 Å². The molecule has 20 heavy (non-hydrogen) atoms. The molecule has 1 aromatic heterocycles. The van der Waals surface area contributed by atoms with E-state index in [0.29, 0.717) is 10.9 Å². The van der Waals surface area contributed by atoms with Crippen molar-refractivity contribution in [3.63, 3.8) is 0 Å². The normalized spacial score (nSPS) is 20.7. The van der Waals surface area contributed by atoms with Crippen molar-refractivity contribution in [3.8, 4) is 6.07 Å². The fraction of sp³-hybridized carbons (Fsp3) is 0.143. The highest BCUT2D eigenvalue weighted by atomic mass is 35.5. The predicted octanol–water partition coefficient (Wildman–Crippen LogP) is 4.41. The summed E-state index contributed by atoms with van der Waals surface area (Å²) < 4.78 is 2.81. The number of aromatic nitrogens is 2. The Kier molecular flexibility index (Phi) is 4.06. The zero-order valence-corrected chi connectivity index (χ0v) is 12.8. The van der Waals surface area contributed by atoms with Crippen molar-refractivity contribution in [1.29, 1.82) is 5.26 Å². The van der Waals surface area contributed by atoms with Crippen molar-refractivity contribution in [2.24, 2.45) is 0 Å². The number of imidazole rings is 1. The highest BCUT2D eigenvalue weighted by Crippen LogP contribution is 2.52. The van der Waals surface area contributed by atoms with Crippen LogP contribution in [0, 0.1) is 11.3 Å². The Hall–Kier alpha value is -1.35. The smallest absolute Gasteiger partial charge is 0.145 e. The quantitative estimate of drug-likeness (QED) is 0.769. The number of allylic oxidation sites excluding steroid dienone is 1. The molecule has 1 aliphatic heterocycles. The Morgan fingerprint density at radius 3 is 2.85 bits per heavy atom. The maximum Gasteiger partial charge on any atom is 0.145 e. The molecular formula is C14H10ClN3S2. The molecule has 0 amide bonds. The van der Waals surface area contributed by atoms with E-state index in [9.17, 15) is 5.26 Å². The van der Waals surface area contributed by atoms with Crippen LogP contribution in [0.5, 0.6) is 0 Å². The summed E-state index contributed by atoms with van der Waals surface area (Å²) >= 11 is 9.36. The van der Waals surface area contributed by atoms with Gasteiger partial charge in [-0.15, -0.1) is 23.5 Å². The molecule has 2 heterocycles. The standard InChI is InChI=1S/C14H10ClN3S2/c15-11-3-1-10(2-4-11)13-8-19-14(20-13)12(7-16)18-6-5-17-9-18/h1-6,9,13H,8H2/b14-12+. The van der Waals surface area contributed by atoms with Crippen molar-refractivity contribution in [2.75, 3.05) is 5.75 Å². The molecular weight excluding hydrogens is 310 g/mol. The van der Waals surface area contributed by atoms with E-state index in [2.05, 4.69) is 11.1 Å². The van der Waals surface area contributed by atoms with E-state index >= 15 is 0 Å². The van der Waals surface area contributed by atoms with Crippen LogP contribution in [0.25, 0.3) is 5.70 Å². The third kappa shape index (κ3) is 2.73. The maximum atomic E-state index is 9.35. The van der Waals surface area contributed by atoms with E-state index in [1.807, 2.05) is 24.3 Å². The van der Waals surface area contributed by atoms with Gasteiger partial charge in [-0.25, -0.2) is 4.98 Å². The molecule has 1 atom stereocenters. The summed E-state index contributed by atoms with van der Waals surface area (Å²) in [7, 11) is 0. The predicted molar refractivity (Wildman–Crippen MR) is 85.3 cm³/mol. The summed E-state index contributed by atoms with van der Waals surface area (Å²) in [5.74, 6) is 0.960. The lowest BCUT2D eigenvalue weighted by Gasteiger charge is -2.08. The molecule has 0 spiro atoms. The molecule has 0 radical (unpaired) electrons. The fourth-order valence-corrected chi connectivity index (χ4v) is 4.94. The number of nitriles is 1. The minimum Gasteiger partial charge on any atom is -0.296 e. The Labute approximate surface area is 130 Å². The SMILES string of the molecule is N#C/C(=C1/SCC(c2ccc(Cl)cc2)S1)n1ccnc1. The number of hydrogen-bond acceptors (Lipinski definition) is 4. The molecule has 0 aliphatic carbocycles. The van der Waals surface area contributed by atoms with E-state index in [0.717, 1.165) is 15.0 Å². The molecule has 1 fully saturated rings. The van der Waals surface area contributed by atoms with E-state index in [1.165, 1.54) is 5.56 Å². The highest BCUT2D eigenvalue weighted by molar-refractivity contribution is 8.25. The lowest BCUT2D eigenvalue weighted by atomic mass is 10.2. The highest BCUT2D eigenvalue weighted by Gasteiger charge is 2.26. The van der Waals surface area contributed by atoms with Crippen molar-refractivity contribution < 1.29 is 0 Å². The Morgan fingerprint density at radius 1 is 1.40 bits per heavy atom. The van der Waals surface area contributed by atoms with Gasteiger partial charge in [0.05, 0.1) is 10.6 Å². The first-order valence-electron chi connectivity index (χ1n) is 5.95. The first-order valence-corrected chi connectivity index (χ1v) is 8.20. The largest absolute Gasteiger partial charge is 0.296 e. The van der Waals surface area contributed by atoms with Crippen LogP contribution in [0.4, 0.5) is 0 Å². The molecule has 0 saturated carbocycles. The van der Waals surface area contributed by atoms with E-state index in [1.54, 1.807) is 46.8 Å². The summed E-state index contributed by atoms with van der Waals surface area (Å²) in [5.41, 5.74) is 1.89. The average Bonchev–Trinajstić information content (AvgIpc) is 3.12. The Bertz CT molecular complexity index is 671. The first kappa shape index (κ1) is 13.6. The van der Waals surface area contributed by atoms with E-state index in [-0.39, 0.29) is 0 Å². The first-order chi connectivity index (χ1) is 9.78. The third-order valence-electron chi connectivity index (χ3n) is 2.92. The van der Waals surface area contributed by atoms with E-state index in [4.69, 9.17) is 11.6 Å². The monoisotopic (exact) mass is 319 g/mol. The van der Waals surface area contributed by atoms with Crippen LogP contribution in [0.1, 0.15) is 10.8 Å². The second kappa shape index (κ2) is 5.96. The van der Waals surface area contributed by atoms with Gasteiger partial charge in [-0.05, 0) is 17.7 Å². The van der Waals surface area contributed by atoms with Gasteiger partial charge in [0.1, 0.15) is 11.8 Å². The summed E-state index contributed by atoms with van der Waals surface area (Å²) in [5, 5.41) is 10.5. The molecule has 3 rings (SSSR count). The van der Waals surface area contributed by atoms with Gasteiger partial charge in [0.2, 0.25) is 0 Å². The van der Waals surface area contributed by atoms with Crippen LogP contribution in [-0.4, -0.2) is 15.3 Å². The fourth-order valence-electron chi connectivity index (χ4n) is 1.91. The molecule has 100 valence electrons. The van der Waals surface area contributed by atoms with Gasteiger partial charge in [-0.2, -0.15) is 5.26 Å². The van der Waals surface area contributed by atoms with Crippen LogP contribution in [0.15, 0.2) is 47.2 Å². The maximum absolute atomic E-state index is 9.35. The molecule has 0 bridgehead atoms. The number of nitrogens with zero attached hydrogens (tertiary/aromatic N) is 3. The van der Waals surface area contributed by atoms with Gasteiger partial charge in [-0.3, -0.25) is 4.57 Å². The second-order valence-corrected chi connectivity index (χ2v) is 7.12. The van der Waals surface area contributed by atoms with Crippen molar-refractivity contribution in [2.45, 2.75) is 5.25 Å². The minimum atomic E-state index is 0.360. The van der Waals surface area contributed by atoms with Gasteiger partial charge in [0, 0.05) is 28.4 Å². The number of thioether (sulfide) groups is 2. The summed E-state index contributed by atoms with van der Waals surface area (Å²) in [6.07, 6.45) is 5.13. The lowest BCUT2D eigenvalue weighted by molar-refractivity contribution is 1.10. The number of rotatable bonds is 2. The zero-order valence-electron chi connectivity index (χ0n) is 10.4. The minimum absolute atomic E-state index is 0.360. The summed E-state index contributed by atoms with van der Waals surface area (Å²) in [6.45, 7) is 0. The van der Waals surface area contributed by atoms with Gasteiger partial charge < -0.3 is 0 Å².